The van der Waals surface area contributed by atoms with Gasteiger partial charge < -0.3 is 10.2 Å². The number of nitrogens with zero attached hydrogens (tertiary/aromatic N) is 2. The second-order valence-electron chi connectivity index (χ2n) is 3.81. The normalized spacial score (nSPS) is 24.4. The van der Waals surface area contributed by atoms with Crippen LogP contribution >= 0.6 is 0 Å². The molecule has 0 aromatic rings. The first kappa shape index (κ1) is 10.5. The third-order valence-electron chi connectivity index (χ3n) is 2.48. The lowest BCUT2D eigenvalue weighted by Gasteiger charge is -2.33. The first-order chi connectivity index (χ1) is 6.11. The SMILES string of the molecule is C[C@H]1CNCCN1CC(=O)N(C)C. The first-order valence-electron chi connectivity index (χ1n) is 4.76. The lowest BCUT2D eigenvalue weighted by Crippen LogP contribution is -2.52. The summed E-state index contributed by atoms with van der Waals surface area (Å²) in [7, 11) is 3.60. The highest BCUT2D eigenvalue weighted by atomic mass is 16.2. The molecule has 4 heteroatoms. The van der Waals surface area contributed by atoms with Crippen LogP contribution in [0.5, 0.6) is 0 Å². The number of piperazine rings is 1. The van der Waals surface area contributed by atoms with Crippen LogP contribution in [0.15, 0.2) is 0 Å². The van der Waals surface area contributed by atoms with Crippen LogP contribution < -0.4 is 5.32 Å². The van der Waals surface area contributed by atoms with Gasteiger partial charge in [-0.25, -0.2) is 0 Å². The number of hydrogen-bond acceptors (Lipinski definition) is 3. The summed E-state index contributed by atoms with van der Waals surface area (Å²) < 4.78 is 0. The van der Waals surface area contributed by atoms with Crippen molar-refractivity contribution >= 4 is 5.91 Å². The molecule has 1 rings (SSSR count). The average molecular weight is 185 g/mol. The predicted octanol–water partition coefficient (Wildman–Crippen LogP) is -0.632. The minimum atomic E-state index is 0.189. The van der Waals surface area contributed by atoms with Crippen LogP contribution in [0.4, 0.5) is 0 Å². The molecule has 0 unspecified atom stereocenters. The quantitative estimate of drug-likeness (QED) is 0.622. The molecule has 0 spiro atoms. The zero-order chi connectivity index (χ0) is 9.84. The third-order valence-corrected chi connectivity index (χ3v) is 2.48. The van der Waals surface area contributed by atoms with Gasteiger partial charge in [-0.15, -0.1) is 0 Å². The number of rotatable bonds is 2. The molecule has 1 saturated heterocycles. The average Bonchev–Trinajstić information content (AvgIpc) is 2.08. The Morgan fingerprint density at radius 3 is 2.85 bits per heavy atom. The molecule has 1 atom stereocenters. The fourth-order valence-electron chi connectivity index (χ4n) is 1.43. The standard InChI is InChI=1S/C9H19N3O/c1-8-6-10-4-5-12(8)7-9(13)11(2)3/h8,10H,4-7H2,1-3H3/t8-/m0/s1. The molecule has 1 aliphatic rings. The lowest BCUT2D eigenvalue weighted by atomic mass is 10.2. The van der Waals surface area contributed by atoms with Crippen molar-refractivity contribution in [1.82, 2.24) is 15.1 Å². The molecule has 0 saturated carbocycles. The highest BCUT2D eigenvalue weighted by Gasteiger charge is 2.20. The number of carbonyl (C=O) groups excluding carboxylic acids is 1. The monoisotopic (exact) mass is 185 g/mol. The summed E-state index contributed by atoms with van der Waals surface area (Å²) in [4.78, 5) is 15.3. The van der Waals surface area contributed by atoms with Gasteiger partial charge in [-0.1, -0.05) is 0 Å². The number of amides is 1. The Balaban J connectivity index is 2.38. The summed E-state index contributed by atoms with van der Waals surface area (Å²) in [5.74, 6) is 0.189. The van der Waals surface area contributed by atoms with Crippen molar-refractivity contribution < 1.29 is 4.79 Å². The van der Waals surface area contributed by atoms with Gasteiger partial charge in [-0.05, 0) is 6.92 Å². The van der Waals surface area contributed by atoms with Gasteiger partial charge in [0.05, 0.1) is 6.54 Å². The molecular weight excluding hydrogens is 166 g/mol. The van der Waals surface area contributed by atoms with E-state index in [1.807, 2.05) is 0 Å². The Kier molecular flexibility index (Phi) is 3.69. The van der Waals surface area contributed by atoms with E-state index in [9.17, 15) is 4.79 Å². The van der Waals surface area contributed by atoms with Gasteiger partial charge in [0.1, 0.15) is 0 Å². The van der Waals surface area contributed by atoms with Crippen LogP contribution in [-0.4, -0.2) is 62.0 Å². The van der Waals surface area contributed by atoms with E-state index >= 15 is 0 Å². The van der Waals surface area contributed by atoms with Crippen molar-refractivity contribution in [3.8, 4) is 0 Å². The van der Waals surface area contributed by atoms with Gasteiger partial charge in [0.15, 0.2) is 0 Å². The summed E-state index contributed by atoms with van der Waals surface area (Å²) in [5.41, 5.74) is 0. The van der Waals surface area contributed by atoms with Crippen molar-refractivity contribution in [1.29, 1.82) is 0 Å². The van der Waals surface area contributed by atoms with Crippen LogP contribution in [-0.2, 0) is 4.79 Å². The fraction of sp³-hybridized carbons (Fsp3) is 0.889. The maximum Gasteiger partial charge on any atom is 0.236 e. The van der Waals surface area contributed by atoms with Gasteiger partial charge in [-0.3, -0.25) is 9.69 Å². The molecular formula is C9H19N3O. The molecule has 0 aliphatic carbocycles. The van der Waals surface area contributed by atoms with Gasteiger partial charge in [0.2, 0.25) is 5.91 Å². The van der Waals surface area contributed by atoms with E-state index in [0.29, 0.717) is 12.6 Å². The van der Waals surface area contributed by atoms with Gasteiger partial charge in [0.25, 0.3) is 0 Å². The molecule has 0 aromatic heterocycles. The Labute approximate surface area is 79.9 Å². The maximum atomic E-state index is 11.4. The summed E-state index contributed by atoms with van der Waals surface area (Å²) in [5, 5.41) is 3.30. The molecule has 0 aromatic carbocycles. The maximum absolute atomic E-state index is 11.4. The van der Waals surface area contributed by atoms with Crippen LogP contribution in [0.25, 0.3) is 0 Å². The molecule has 0 radical (unpaired) electrons. The Morgan fingerprint density at radius 1 is 1.62 bits per heavy atom. The Morgan fingerprint density at radius 2 is 2.31 bits per heavy atom. The smallest absolute Gasteiger partial charge is 0.236 e. The highest BCUT2D eigenvalue weighted by molar-refractivity contribution is 5.77. The van der Waals surface area contributed by atoms with Gasteiger partial charge in [-0.2, -0.15) is 0 Å². The largest absolute Gasteiger partial charge is 0.348 e. The molecule has 0 bridgehead atoms. The summed E-state index contributed by atoms with van der Waals surface area (Å²) in [6.07, 6.45) is 0. The van der Waals surface area contributed by atoms with E-state index < -0.39 is 0 Å². The van der Waals surface area contributed by atoms with E-state index in [-0.39, 0.29) is 5.91 Å². The summed E-state index contributed by atoms with van der Waals surface area (Å²) in [6.45, 7) is 5.65. The minimum Gasteiger partial charge on any atom is -0.348 e. The molecule has 1 N–H and O–H groups in total. The summed E-state index contributed by atoms with van der Waals surface area (Å²) >= 11 is 0. The molecule has 4 nitrogen and oxygen atoms in total. The molecule has 1 heterocycles. The first-order valence-corrected chi connectivity index (χ1v) is 4.76. The van der Waals surface area contributed by atoms with E-state index in [1.165, 1.54) is 0 Å². The molecule has 1 aliphatic heterocycles. The van der Waals surface area contributed by atoms with Gasteiger partial charge in [0, 0.05) is 39.8 Å². The zero-order valence-electron chi connectivity index (χ0n) is 8.71. The number of likely N-dealkylation sites (N-methyl/N-ethyl adjacent to an activating group) is 1. The number of hydrogen-bond donors (Lipinski definition) is 1. The molecule has 76 valence electrons. The van der Waals surface area contributed by atoms with Crippen molar-refractivity contribution in [3.63, 3.8) is 0 Å². The zero-order valence-corrected chi connectivity index (χ0v) is 8.71. The van der Waals surface area contributed by atoms with Crippen molar-refractivity contribution in [2.24, 2.45) is 0 Å². The van der Waals surface area contributed by atoms with Crippen LogP contribution in [0.2, 0.25) is 0 Å². The van der Waals surface area contributed by atoms with Crippen LogP contribution in [0, 0.1) is 0 Å². The second-order valence-corrected chi connectivity index (χ2v) is 3.81. The number of nitrogens with one attached hydrogen (secondary N) is 1. The Bertz CT molecular complexity index is 182. The highest BCUT2D eigenvalue weighted by Crippen LogP contribution is 2.01. The van der Waals surface area contributed by atoms with E-state index in [0.717, 1.165) is 19.6 Å². The third kappa shape index (κ3) is 2.97. The van der Waals surface area contributed by atoms with E-state index in [4.69, 9.17) is 0 Å². The lowest BCUT2D eigenvalue weighted by molar-refractivity contribution is -0.130. The van der Waals surface area contributed by atoms with E-state index in [2.05, 4.69) is 17.1 Å². The van der Waals surface area contributed by atoms with Crippen LogP contribution in [0.3, 0.4) is 0 Å². The molecule has 13 heavy (non-hydrogen) atoms. The molecule has 1 amide bonds. The summed E-state index contributed by atoms with van der Waals surface area (Å²) in [6, 6.07) is 0.470. The second kappa shape index (κ2) is 4.58. The Hall–Kier alpha value is -0.610. The van der Waals surface area contributed by atoms with Crippen molar-refractivity contribution in [2.45, 2.75) is 13.0 Å². The van der Waals surface area contributed by atoms with Gasteiger partial charge >= 0.3 is 0 Å². The topological polar surface area (TPSA) is 35.6 Å². The van der Waals surface area contributed by atoms with Crippen LogP contribution in [0.1, 0.15) is 6.92 Å². The number of carbonyl (C=O) groups is 1. The predicted molar refractivity (Wildman–Crippen MR) is 52.6 cm³/mol. The van der Waals surface area contributed by atoms with E-state index in [1.54, 1.807) is 19.0 Å². The fourth-order valence-corrected chi connectivity index (χ4v) is 1.43. The molecule has 1 fully saturated rings. The van der Waals surface area contributed by atoms with Crippen molar-refractivity contribution in [3.05, 3.63) is 0 Å². The van der Waals surface area contributed by atoms with Crippen molar-refractivity contribution in [2.75, 3.05) is 40.3 Å². The minimum absolute atomic E-state index is 0.189.